The molecule has 0 fully saturated rings. The molecule has 0 amide bonds. The molecule has 3 aromatic heterocycles. The van der Waals surface area contributed by atoms with Gasteiger partial charge in [-0.05, 0) is 168 Å². The van der Waals surface area contributed by atoms with Gasteiger partial charge in [0.05, 0.1) is 33.1 Å². The lowest BCUT2D eigenvalue weighted by Crippen LogP contribution is -2.10. The highest BCUT2D eigenvalue weighted by Gasteiger charge is 2.25. The maximum absolute atomic E-state index is 2.53. The molecule has 0 aliphatic rings. The maximum Gasteiger partial charge on any atom is 0.0561 e. The van der Waals surface area contributed by atoms with Gasteiger partial charge in [-0.1, -0.05) is 180 Å². The number of hydrogen-bond acceptors (Lipinski definition) is 0. The summed E-state index contributed by atoms with van der Waals surface area (Å²) < 4.78 is 7.53. The summed E-state index contributed by atoms with van der Waals surface area (Å²) in [6.45, 7) is 27.8. The highest BCUT2D eigenvalue weighted by Crippen LogP contribution is 2.43. The van der Waals surface area contributed by atoms with E-state index in [2.05, 4.69) is 285 Å². The fraction of sp³-hybridized carbons (Fsp3) is 0.222. The Morgan fingerprint density at radius 3 is 1.07 bits per heavy atom. The summed E-state index contributed by atoms with van der Waals surface area (Å²) in [6.07, 6.45) is 0. The molecule has 0 saturated heterocycles. The van der Waals surface area contributed by atoms with E-state index in [1.165, 1.54) is 120 Å². The zero-order chi connectivity index (χ0) is 52.1. The van der Waals surface area contributed by atoms with Gasteiger partial charge in [-0.2, -0.15) is 0 Å². The van der Waals surface area contributed by atoms with Crippen LogP contribution in [0.1, 0.15) is 105 Å². The van der Waals surface area contributed by atoms with Crippen LogP contribution >= 0.6 is 0 Å². The number of aromatic nitrogens is 3. The molecule has 3 nitrogen and oxygen atoms in total. The SMILES string of the molecule is CC(C)(C)c1ccc2c(c1)c1cc(C(C)(C)C)ccc1n2-c1ccc2c3ccc(-n4c5ccc(C(C)(C)C)cc5c5cc(C(C)(C)C)ccc54)cc3n(-c3ccc4cc(-c5cccc6ccccc56)ccc4c3)c2c1. The molecule has 10 aromatic carbocycles. The van der Waals surface area contributed by atoms with Crippen molar-refractivity contribution in [2.75, 3.05) is 0 Å². The molecule has 3 heteroatoms. The molecule has 0 spiro atoms. The van der Waals surface area contributed by atoms with Crippen molar-refractivity contribution in [2.45, 2.75) is 105 Å². The van der Waals surface area contributed by atoms with Crippen molar-refractivity contribution in [3.8, 4) is 28.2 Å². The standard InChI is InChI=1S/C72H67N3/c1-69(2,3)48-23-32-63-59(38-48)60-39-49(70(4,5)6)24-33-64(60)73(63)53-28-30-57-58-31-29-54(74-65-34-25-50(71(7,8)9)40-61(65)62-41-51(72(10,11)12)26-35-66(62)74)43-68(58)75(67(57)42-53)52-27-22-45-36-47(21-20-46(45)37-52)56-19-15-17-44-16-13-14-18-55(44)56/h13-43H,1-12H3. The van der Waals surface area contributed by atoms with Gasteiger partial charge in [-0.15, -0.1) is 0 Å². The fourth-order valence-electron chi connectivity index (χ4n) is 12.0. The normalized spacial score (nSPS) is 13.1. The van der Waals surface area contributed by atoms with E-state index in [9.17, 15) is 0 Å². The molecule has 0 aliphatic heterocycles. The number of nitrogens with zero attached hydrogens (tertiary/aromatic N) is 3. The number of rotatable bonds is 4. The third kappa shape index (κ3) is 7.60. The van der Waals surface area contributed by atoms with E-state index in [4.69, 9.17) is 0 Å². The molecule has 0 saturated carbocycles. The zero-order valence-corrected chi connectivity index (χ0v) is 45.7. The van der Waals surface area contributed by atoms with Crippen LogP contribution in [0.2, 0.25) is 0 Å². The van der Waals surface area contributed by atoms with Crippen LogP contribution < -0.4 is 0 Å². The van der Waals surface area contributed by atoms with Crippen molar-refractivity contribution < 1.29 is 0 Å². The zero-order valence-electron chi connectivity index (χ0n) is 45.7. The molecule has 0 atom stereocenters. The summed E-state index contributed by atoms with van der Waals surface area (Å²) in [5.74, 6) is 0. The van der Waals surface area contributed by atoms with E-state index in [0.29, 0.717) is 0 Å². The van der Waals surface area contributed by atoms with E-state index in [-0.39, 0.29) is 21.7 Å². The summed E-state index contributed by atoms with van der Waals surface area (Å²) in [7, 11) is 0. The molecule has 75 heavy (non-hydrogen) atoms. The molecule has 0 bridgehead atoms. The minimum Gasteiger partial charge on any atom is -0.309 e. The third-order valence-electron chi connectivity index (χ3n) is 16.4. The van der Waals surface area contributed by atoms with E-state index in [1.807, 2.05) is 0 Å². The lowest BCUT2D eigenvalue weighted by atomic mass is 9.85. The van der Waals surface area contributed by atoms with E-state index < -0.39 is 0 Å². The molecule has 0 N–H and O–H groups in total. The van der Waals surface area contributed by atoms with Gasteiger partial charge < -0.3 is 13.7 Å². The Morgan fingerprint density at radius 1 is 0.240 bits per heavy atom. The second kappa shape index (κ2) is 16.3. The molecular formula is C72H67N3. The summed E-state index contributed by atoms with van der Waals surface area (Å²) >= 11 is 0. The van der Waals surface area contributed by atoms with Gasteiger partial charge in [0, 0.05) is 49.4 Å². The first-order valence-corrected chi connectivity index (χ1v) is 27.0. The quantitative estimate of drug-likeness (QED) is 0.167. The van der Waals surface area contributed by atoms with Crippen LogP contribution in [0.3, 0.4) is 0 Å². The molecular weight excluding hydrogens is 907 g/mol. The van der Waals surface area contributed by atoms with Crippen LogP contribution in [0.15, 0.2) is 188 Å². The van der Waals surface area contributed by atoms with E-state index in [1.54, 1.807) is 0 Å². The number of hydrogen-bond donors (Lipinski definition) is 0. The second-order valence-electron chi connectivity index (χ2n) is 25.6. The Kier molecular flexibility index (Phi) is 10.2. The van der Waals surface area contributed by atoms with Crippen molar-refractivity contribution >= 4 is 87.0 Å². The molecule has 3 heterocycles. The Morgan fingerprint density at radius 2 is 0.613 bits per heavy atom. The summed E-state index contributed by atoms with van der Waals surface area (Å²) in [4.78, 5) is 0. The second-order valence-corrected chi connectivity index (χ2v) is 25.6. The first-order valence-electron chi connectivity index (χ1n) is 27.0. The van der Waals surface area contributed by atoms with Crippen LogP contribution in [0, 0.1) is 0 Å². The summed E-state index contributed by atoms with van der Waals surface area (Å²) in [5, 5.41) is 12.6. The highest BCUT2D eigenvalue weighted by atomic mass is 15.0. The Bertz CT molecular complexity index is 4140. The first kappa shape index (κ1) is 46.9. The minimum atomic E-state index is 0.0181. The Balaban J connectivity index is 1.07. The predicted octanol–water partition coefficient (Wildman–Crippen LogP) is 20.1. The number of fused-ring (bicyclic) bond motifs is 11. The van der Waals surface area contributed by atoms with Crippen LogP contribution in [-0.4, -0.2) is 13.7 Å². The van der Waals surface area contributed by atoms with Crippen LogP contribution in [-0.2, 0) is 21.7 Å². The van der Waals surface area contributed by atoms with Crippen molar-refractivity contribution in [1.82, 2.24) is 13.7 Å². The van der Waals surface area contributed by atoms with Crippen LogP contribution in [0.25, 0.3) is 115 Å². The van der Waals surface area contributed by atoms with Crippen molar-refractivity contribution in [3.05, 3.63) is 210 Å². The van der Waals surface area contributed by atoms with Crippen LogP contribution in [0.5, 0.6) is 0 Å². The molecule has 13 aromatic rings. The topological polar surface area (TPSA) is 14.8 Å². The number of benzene rings is 10. The van der Waals surface area contributed by atoms with Gasteiger partial charge >= 0.3 is 0 Å². The van der Waals surface area contributed by atoms with E-state index >= 15 is 0 Å². The van der Waals surface area contributed by atoms with Gasteiger partial charge in [-0.3, -0.25) is 0 Å². The third-order valence-corrected chi connectivity index (χ3v) is 16.4. The summed E-state index contributed by atoms with van der Waals surface area (Å²) in [5.41, 5.74) is 18.6. The lowest BCUT2D eigenvalue weighted by molar-refractivity contribution is 0.590. The van der Waals surface area contributed by atoms with Gasteiger partial charge in [0.15, 0.2) is 0 Å². The largest absolute Gasteiger partial charge is 0.309 e. The average molecular weight is 974 g/mol. The molecule has 0 unspecified atom stereocenters. The average Bonchev–Trinajstić information content (AvgIpc) is 4.02. The molecule has 370 valence electrons. The lowest BCUT2D eigenvalue weighted by Gasteiger charge is -2.19. The van der Waals surface area contributed by atoms with Gasteiger partial charge in [0.2, 0.25) is 0 Å². The monoisotopic (exact) mass is 974 g/mol. The summed E-state index contributed by atoms with van der Waals surface area (Å²) in [6, 6.07) is 72.2. The predicted molar refractivity (Wildman–Crippen MR) is 325 cm³/mol. The fourth-order valence-corrected chi connectivity index (χ4v) is 12.0. The Hall–Kier alpha value is -7.88. The first-order chi connectivity index (χ1) is 35.7. The Labute approximate surface area is 441 Å². The van der Waals surface area contributed by atoms with E-state index in [0.717, 1.165) is 17.1 Å². The van der Waals surface area contributed by atoms with Crippen molar-refractivity contribution in [2.24, 2.45) is 0 Å². The van der Waals surface area contributed by atoms with Gasteiger partial charge in [0.25, 0.3) is 0 Å². The molecule has 13 rings (SSSR count). The molecule has 0 radical (unpaired) electrons. The smallest absolute Gasteiger partial charge is 0.0561 e. The van der Waals surface area contributed by atoms with Crippen LogP contribution in [0.4, 0.5) is 0 Å². The minimum absolute atomic E-state index is 0.0181. The van der Waals surface area contributed by atoms with Gasteiger partial charge in [0.1, 0.15) is 0 Å². The van der Waals surface area contributed by atoms with Crippen molar-refractivity contribution in [3.63, 3.8) is 0 Å². The van der Waals surface area contributed by atoms with Crippen molar-refractivity contribution in [1.29, 1.82) is 0 Å². The molecule has 0 aliphatic carbocycles. The maximum atomic E-state index is 2.53. The van der Waals surface area contributed by atoms with Gasteiger partial charge in [-0.25, -0.2) is 0 Å². The highest BCUT2D eigenvalue weighted by molar-refractivity contribution is 6.14.